The topological polar surface area (TPSA) is 74.4 Å². The predicted molar refractivity (Wildman–Crippen MR) is 101 cm³/mol. The van der Waals surface area contributed by atoms with Gasteiger partial charge in [-0.2, -0.15) is 0 Å². The normalized spacial score (nSPS) is 18.1. The Morgan fingerprint density at radius 2 is 2.15 bits per heavy atom. The number of likely N-dealkylation sites (N-methyl/N-ethyl adjacent to an activating group) is 1. The first kappa shape index (κ1) is 17.0. The first-order valence-electron chi connectivity index (χ1n) is 8.44. The van der Waals surface area contributed by atoms with Gasteiger partial charge in [-0.15, -0.1) is 11.3 Å². The Balaban J connectivity index is 1.50. The number of nitrogens with one attached hydrogen (secondary N) is 2. The van der Waals surface area contributed by atoms with Gasteiger partial charge in [0.15, 0.2) is 6.23 Å². The number of fused-ring (bicyclic) bond motifs is 1. The number of aromatic amines is 1. The maximum absolute atomic E-state index is 12.8. The molecule has 0 spiro atoms. The van der Waals surface area contributed by atoms with Gasteiger partial charge in [-0.25, -0.2) is 4.79 Å². The third-order valence-corrected chi connectivity index (χ3v) is 5.41. The molecule has 0 bridgehead atoms. The molecule has 4 rings (SSSR count). The van der Waals surface area contributed by atoms with Gasteiger partial charge in [-0.1, -0.05) is 18.2 Å². The van der Waals surface area contributed by atoms with Gasteiger partial charge in [0, 0.05) is 47.7 Å². The lowest BCUT2D eigenvalue weighted by Gasteiger charge is -2.30. The van der Waals surface area contributed by atoms with Gasteiger partial charge in [0.1, 0.15) is 0 Å². The molecule has 1 aromatic carbocycles. The van der Waals surface area contributed by atoms with Crippen LogP contribution in [0.15, 0.2) is 41.9 Å². The van der Waals surface area contributed by atoms with E-state index in [4.69, 9.17) is 4.74 Å². The second-order valence-corrected chi connectivity index (χ2v) is 7.30. The molecule has 26 heavy (non-hydrogen) atoms. The Morgan fingerprint density at radius 3 is 3.00 bits per heavy atom. The highest BCUT2D eigenvalue weighted by molar-refractivity contribution is 7.12. The predicted octanol–water partition coefficient (Wildman–Crippen LogP) is 2.48. The van der Waals surface area contributed by atoms with Crippen LogP contribution in [0.2, 0.25) is 0 Å². The van der Waals surface area contributed by atoms with Crippen molar-refractivity contribution in [3.63, 3.8) is 0 Å². The third-order valence-electron chi connectivity index (χ3n) is 4.49. The largest absolute Gasteiger partial charge is 0.442 e. The zero-order valence-corrected chi connectivity index (χ0v) is 15.1. The first-order chi connectivity index (χ1) is 12.6. The average molecular weight is 369 g/mol. The van der Waals surface area contributed by atoms with E-state index < -0.39 is 5.97 Å². The maximum atomic E-state index is 12.8. The van der Waals surface area contributed by atoms with Crippen LogP contribution in [-0.4, -0.2) is 54.5 Å². The summed E-state index contributed by atoms with van der Waals surface area (Å²) in [6.07, 6.45) is 1.39. The lowest BCUT2D eigenvalue weighted by Crippen LogP contribution is -2.50. The summed E-state index contributed by atoms with van der Waals surface area (Å²) >= 11 is 1.26. The molecule has 1 atom stereocenters. The number of nitrogens with zero attached hydrogens (tertiary/aromatic N) is 1. The van der Waals surface area contributed by atoms with E-state index in [-0.39, 0.29) is 12.0 Å². The Morgan fingerprint density at radius 1 is 1.31 bits per heavy atom. The summed E-state index contributed by atoms with van der Waals surface area (Å²) in [7, 11) is 1.99. The van der Waals surface area contributed by atoms with Gasteiger partial charge in [-0.3, -0.25) is 10.1 Å². The maximum Gasteiger partial charge on any atom is 0.340 e. The smallest absolute Gasteiger partial charge is 0.340 e. The fraction of sp³-hybridized carbons (Fsp3) is 0.263. The average Bonchev–Trinajstić information content (AvgIpc) is 3.29. The van der Waals surface area contributed by atoms with E-state index in [0.29, 0.717) is 22.5 Å². The molecule has 1 aliphatic rings. The molecule has 3 aromatic rings. The van der Waals surface area contributed by atoms with E-state index in [9.17, 15) is 9.59 Å². The van der Waals surface area contributed by atoms with Crippen LogP contribution < -0.4 is 5.32 Å². The molecule has 0 saturated carbocycles. The van der Waals surface area contributed by atoms with Gasteiger partial charge >= 0.3 is 5.97 Å². The zero-order valence-electron chi connectivity index (χ0n) is 14.3. The standard InChI is InChI=1S/C19H19N3O3S/c1-22-7-6-20-17(10-22)25-19(24)12-8-16(26-11-12)18(23)14-9-21-15-5-3-2-4-13(14)15/h2-5,8-9,11,17,20-21H,6-7,10H2,1H3. The highest BCUT2D eigenvalue weighted by Crippen LogP contribution is 2.24. The number of carbonyl (C=O) groups excluding carboxylic acids is 2. The van der Waals surface area contributed by atoms with E-state index in [1.807, 2.05) is 31.3 Å². The number of thiophene rings is 1. The molecule has 3 heterocycles. The Bertz CT molecular complexity index is 962. The lowest BCUT2D eigenvalue weighted by molar-refractivity contribution is 0.00280. The Hall–Kier alpha value is -2.48. The van der Waals surface area contributed by atoms with Gasteiger partial charge in [-0.05, 0) is 19.2 Å². The molecule has 6 nitrogen and oxygen atoms in total. The molecule has 1 fully saturated rings. The van der Waals surface area contributed by atoms with Gasteiger partial charge in [0.2, 0.25) is 5.78 Å². The van der Waals surface area contributed by atoms with Crippen LogP contribution in [0.25, 0.3) is 10.9 Å². The molecule has 0 amide bonds. The number of hydrogen-bond acceptors (Lipinski definition) is 6. The van der Waals surface area contributed by atoms with Crippen LogP contribution in [0, 0.1) is 0 Å². The van der Waals surface area contributed by atoms with Crippen molar-refractivity contribution in [1.29, 1.82) is 0 Å². The minimum absolute atomic E-state index is 0.0953. The number of piperazine rings is 1. The first-order valence-corrected chi connectivity index (χ1v) is 9.32. The van der Waals surface area contributed by atoms with Crippen LogP contribution >= 0.6 is 11.3 Å². The lowest BCUT2D eigenvalue weighted by atomic mass is 10.1. The summed E-state index contributed by atoms with van der Waals surface area (Å²) < 4.78 is 5.50. The number of rotatable bonds is 4. The fourth-order valence-corrected chi connectivity index (χ4v) is 3.92. The molecule has 7 heteroatoms. The van der Waals surface area contributed by atoms with Crippen molar-refractivity contribution in [2.24, 2.45) is 0 Å². The SMILES string of the molecule is CN1CCNC(OC(=O)c2csc(C(=O)c3c[nH]c4ccccc34)c2)C1. The number of esters is 1. The van der Waals surface area contributed by atoms with Crippen molar-refractivity contribution in [3.05, 3.63) is 57.9 Å². The van der Waals surface area contributed by atoms with Crippen LogP contribution in [0.5, 0.6) is 0 Å². The summed E-state index contributed by atoms with van der Waals surface area (Å²) in [5, 5.41) is 5.73. The second kappa shape index (κ2) is 7.03. The van der Waals surface area contributed by atoms with Gasteiger partial charge in [0.05, 0.1) is 10.4 Å². The Labute approximate surface area is 154 Å². The minimum Gasteiger partial charge on any atom is -0.442 e. The highest BCUT2D eigenvalue weighted by Gasteiger charge is 2.23. The van der Waals surface area contributed by atoms with Crippen molar-refractivity contribution in [3.8, 4) is 0 Å². The third kappa shape index (κ3) is 3.29. The second-order valence-electron chi connectivity index (χ2n) is 6.39. The van der Waals surface area contributed by atoms with Crippen molar-refractivity contribution >= 4 is 34.0 Å². The quantitative estimate of drug-likeness (QED) is 0.546. The molecule has 134 valence electrons. The Kier molecular flexibility index (Phi) is 4.58. The number of H-pyrrole nitrogens is 1. The number of ketones is 1. The number of benzene rings is 1. The number of para-hydroxylation sites is 1. The van der Waals surface area contributed by atoms with Crippen molar-refractivity contribution in [1.82, 2.24) is 15.2 Å². The highest BCUT2D eigenvalue weighted by atomic mass is 32.1. The minimum atomic E-state index is -0.410. The van der Waals surface area contributed by atoms with Crippen molar-refractivity contribution < 1.29 is 14.3 Å². The zero-order chi connectivity index (χ0) is 18.1. The van der Waals surface area contributed by atoms with Gasteiger partial charge < -0.3 is 14.6 Å². The van der Waals surface area contributed by atoms with E-state index in [1.54, 1.807) is 17.6 Å². The van der Waals surface area contributed by atoms with Crippen LogP contribution in [-0.2, 0) is 4.74 Å². The number of ether oxygens (including phenoxy) is 1. The van der Waals surface area contributed by atoms with E-state index in [1.165, 1.54) is 11.3 Å². The molecular weight excluding hydrogens is 350 g/mol. The summed E-state index contributed by atoms with van der Waals surface area (Å²) in [6.45, 7) is 2.36. The number of carbonyl (C=O) groups is 2. The molecule has 0 radical (unpaired) electrons. The van der Waals surface area contributed by atoms with Crippen LogP contribution in [0.3, 0.4) is 0 Å². The molecule has 2 aromatic heterocycles. The fourth-order valence-electron chi connectivity index (χ4n) is 3.09. The van der Waals surface area contributed by atoms with Gasteiger partial charge in [0.25, 0.3) is 0 Å². The van der Waals surface area contributed by atoms with E-state index in [0.717, 1.165) is 24.0 Å². The monoisotopic (exact) mass is 369 g/mol. The van der Waals surface area contributed by atoms with Crippen LogP contribution in [0.1, 0.15) is 25.6 Å². The van der Waals surface area contributed by atoms with Crippen molar-refractivity contribution in [2.75, 3.05) is 26.7 Å². The number of aromatic nitrogens is 1. The molecule has 2 N–H and O–H groups in total. The molecular formula is C19H19N3O3S. The van der Waals surface area contributed by atoms with E-state index >= 15 is 0 Å². The van der Waals surface area contributed by atoms with E-state index in [2.05, 4.69) is 15.2 Å². The van der Waals surface area contributed by atoms with Crippen molar-refractivity contribution in [2.45, 2.75) is 6.23 Å². The molecule has 1 aliphatic heterocycles. The molecule has 1 saturated heterocycles. The summed E-state index contributed by atoms with van der Waals surface area (Å²) in [5.41, 5.74) is 1.94. The summed E-state index contributed by atoms with van der Waals surface area (Å²) in [5.74, 6) is -0.506. The summed E-state index contributed by atoms with van der Waals surface area (Å²) in [4.78, 5) is 30.9. The molecule has 1 unspecified atom stereocenters. The summed E-state index contributed by atoms with van der Waals surface area (Å²) in [6, 6.07) is 9.27. The number of hydrogen-bond donors (Lipinski definition) is 2. The van der Waals surface area contributed by atoms with Crippen LogP contribution in [0.4, 0.5) is 0 Å². The molecule has 0 aliphatic carbocycles.